The van der Waals surface area contributed by atoms with E-state index in [1.54, 1.807) is 24.3 Å². The lowest BCUT2D eigenvalue weighted by Crippen LogP contribution is -2.45. The van der Waals surface area contributed by atoms with Gasteiger partial charge in [-0.3, -0.25) is 14.4 Å². The van der Waals surface area contributed by atoms with E-state index in [0.29, 0.717) is 19.3 Å². The quantitative estimate of drug-likeness (QED) is 0.445. The first-order valence-electron chi connectivity index (χ1n) is 11.5. The van der Waals surface area contributed by atoms with Gasteiger partial charge in [-0.1, -0.05) is 39.8 Å². The van der Waals surface area contributed by atoms with E-state index in [4.69, 9.17) is 0 Å². The molecule has 0 radical (unpaired) electrons. The van der Waals surface area contributed by atoms with Gasteiger partial charge in [0.05, 0.1) is 6.04 Å². The van der Waals surface area contributed by atoms with Crippen LogP contribution in [0.1, 0.15) is 72.8 Å². The molecule has 0 fully saturated rings. The van der Waals surface area contributed by atoms with Crippen LogP contribution in [0.15, 0.2) is 24.3 Å². The van der Waals surface area contributed by atoms with Gasteiger partial charge in [0.2, 0.25) is 5.91 Å². The number of hydrogen-bond acceptors (Lipinski definition) is 5. The molecule has 6 nitrogen and oxygen atoms in total. The third kappa shape index (κ3) is 10.2. The molecule has 32 heavy (non-hydrogen) atoms. The molecule has 0 saturated heterocycles. The fraction of sp³-hybridized carbons (Fsp3) is 0.615. The highest BCUT2D eigenvalue weighted by Gasteiger charge is 2.29. The van der Waals surface area contributed by atoms with Gasteiger partial charge in [-0.2, -0.15) is 0 Å². The van der Waals surface area contributed by atoms with E-state index in [0.717, 1.165) is 5.56 Å². The molecule has 0 aliphatic carbocycles. The molecule has 178 valence electrons. The third-order valence-corrected chi connectivity index (χ3v) is 5.51. The topological polar surface area (TPSA) is 101 Å². The van der Waals surface area contributed by atoms with Gasteiger partial charge in [-0.15, -0.1) is 0 Å². The summed E-state index contributed by atoms with van der Waals surface area (Å²) in [5.74, 6) is -0.977. The summed E-state index contributed by atoms with van der Waals surface area (Å²) >= 11 is 0. The minimum absolute atomic E-state index is 0.0371. The van der Waals surface area contributed by atoms with Crippen molar-refractivity contribution in [3.8, 4) is 5.75 Å². The van der Waals surface area contributed by atoms with Crippen LogP contribution in [0.5, 0.6) is 5.75 Å². The maximum atomic E-state index is 13.2. The molecule has 0 spiro atoms. The number of ketones is 3. The van der Waals surface area contributed by atoms with E-state index in [2.05, 4.69) is 5.32 Å². The molecule has 1 aromatic carbocycles. The maximum Gasteiger partial charge on any atom is 0.224 e. The van der Waals surface area contributed by atoms with Crippen LogP contribution in [0.4, 0.5) is 0 Å². The zero-order chi connectivity index (χ0) is 24.4. The normalized spacial score (nSPS) is 14.1. The van der Waals surface area contributed by atoms with Crippen molar-refractivity contribution in [2.75, 3.05) is 0 Å². The predicted molar refractivity (Wildman–Crippen MR) is 125 cm³/mol. The van der Waals surface area contributed by atoms with Crippen LogP contribution in [0.2, 0.25) is 0 Å². The summed E-state index contributed by atoms with van der Waals surface area (Å²) in [7, 11) is 0. The van der Waals surface area contributed by atoms with Crippen molar-refractivity contribution in [1.29, 1.82) is 0 Å². The predicted octanol–water partition coefficient (Wildman–Crippen LogP) is 4.27. The number of carbonyl (C=O) groups is 4. The van der Waals surface area contributed by atoms with Crippen LogP contribution in [0.3, 0.4) is 0 Å². The molecule has 0 aliphatic rings. The molecule has 1 rings (SSSR count). The Balaban J connectivity index is 2.96. The number of carbonyl (C=O) groups excluding carboxylic acids is 4. The smallest absolute Gasteiger partial charge is 0.224 e. The van der Waals surface area contributed by atoms with Crippen LogP contribution in [-0.4, -0.2) is 34.4 Å². The number of rotatable bonds is 14. The lowest BCUT2D eigenvalue weighted by atomic mass is 9.87. The van der Waals surface area contributed by atoms with Gasteiger partial charge in [0.25, 0.3) is 0 Å². The van der Waals surface area contributed by atoms with E-state index >= 15 is 0 Å². The van der Waals surface area contributed by atoms with Crippen LogP contribution in [-0.2, 0) is 25.6 Å². The zero-order valence-corrected chi connectivity index (χ0v) is 20.3. The number of Topliss-reactive ketones (excluding diaryl/α,β-unsaturated/α-hetero) is 3. The van der Waals surface area contributed by atoms with Crippen molar-refractivity contribution in [3.63, 3.8) is 0 Å². The van der Waals surface area contributed by atoms with Crippen LogP contribution >= 0.6 is 0 Å². The third-order valence-electron chi connectivity index (χ3n) is 5.51. The van der Waals surface area contributed by atoms with Crippen molar-refractivity contribution < 1.29 is 24.3 Å². The van der Waals surface area contributed by atoms with Crippen LogP contribution < -0.4 is 5.32 Å². The number of aromatic hydroxyl groups is 1. The van der Waals surface area contributed by atoms with Crippen molar-refractivity contribution in [3.05, 3.63) is 29.8 Å². The minimum atomic E-state index is -0.689. The largest absolute Gasteiger partial charge is 0.508 e. The average molecular weight is 446 g/mol. The van der Waals surface area contributed by atoms with Gasteiger partial charge >= 0.3 is 0 Å². The average Bonchev–Trinajstić information content (AvgIpc) is 2.66. The second-order valence-electron chi connectivity index (χ2n) is 9.77. The summed E-state index contributed by atoms with van der Waals surface area (Å²) in [5, 5.41) is 12.3. The first-order valence-corrected chi connectivity index (χ1v) is 11.5. The molecule has 0 heterocycles. The van der Waals surface area contributed by atoms with Crippen molar-refractivity contribution in [2.24, 2.45) is 23.7 Å². The number of nitrogens with one attached hydrogen (secondary N) is 1. The van der Waals surface area contributed by atoms with Gasteiger partial charge in [-0.05, 0) is 62.6 Å². The first kappa shape index (κ1) is 27.5. The SMILES string of the molecule is CC(=O)C[C@@H](CC(C)C)C(=O)N[C@@H](CC(C)C)C(=O)C[C@@H](Cc1ccc(O)cc1)C(C)=O. The van der Waals surface area contributed by atoms with E-state index in [1.165, 1.54) is 13.8 Å². The van der Waals surface area contributed by atoms with E-state index in [1.807, 2.05) is 27.7 Å². The van der Waals surface area contributed by atoms with Crippen molar-refractivity contribution in [1.82, 2.24) is 5.32 Å². The Morgan fingerprint density at radius 1 is 0.844 bits per heavy atom. The van der Waals surface area contributed by atoms with E-state index in [9.17, 15) is 24.3 Å². The van der Waals surface area contributed by atoms with Crippen LogP contribution in [0, 0.1) is 23.7 Å². The summed E-state index contributed by atoms with van der Waals surface area (Å²) in [6.45, 7) is 10.9. The van der Waals surface area contributed by atoms with E-state index in [-0.39, 0.29) is 53.7 Å². The summed E-state index contributed by atoms with van der Waals surface area (Å²) < 4.78 is 0. The Labute approximate surface area is 192 Å². The van der Waals surface area contributed by atoms with Gasteiger partial charge in [0, 0.05) is 24.7 Å². The van der Waals surface area contributed by atoms with Crippen molar-refractivity contribution in [2.45, 2.75) is 79.7 Å². The molecule has 6 heteroatoms. The zero-order valence-electron chi connectivity index (χ0n) is 20.3. The Morgan fingerprint density at radius 3 is 1.88 bits per heavy atom. The summed E-state index contributed by atoms with van der Waals surface area (Å²) in [6, 6.07) is 5.90. The molecular weight excluding hydrogens is 406 g/mol. The maximum absolute atomic E-state index is 13.2. The summed E-state index contributed by atoms with van der Waals surface area (Å²) in [5.41, 5.74) is 0.860. The van der Waals surface area contributed by atoms with E-state index < -0.39 is 17.9 Å². The molecule has 0 aromatic heterocycles. The molecule has 3 atom stereocenters. The number of amides is 1. The fourth-order valence-electron chi connectivity index (χ4n) is 3.89. The molecule has 0 bridgehead atoms. The summed E-state index contributed by atoms with van der Waals surface area (Å²) in [6.07, 6.45) is 1.64. The second-order valence-corrected chi connectivity index (χ2v) is 9.77. The lowest BCUT2D eigenvalue weighted by Gasteiger charge is -2.25. The Bertz CT molecular complexity index is 782. The van der Waals surface area contributed by atoms with Gasteiger partial charge in [0.15, 0.2) is 5.78 Å². The van der Waals surface area contributed by atoms with Crippen molar-refractivity contribution >= 4 is 23.3 Å². The Morgan fingerprint density at radius 2 is 1.41 bits per heavy atom. The number of phenols is 1. The highest BCUT2D eigenvalue weighted by atomic mass is 16.3. The highest BCUT2D eigenvalue weighted by Crippen LogP contribution is 2.21. The second kappa shape index (κ2) is 13.1. The molecule has 0 unspecified atom stereocenters. The Kier molecular flexibility index (Phi) is 11.3. The molecule has 1 amide bonds. The Hall–Kier alpha value is -2.50. The molecule has 1 aromatic rings. The van der Waals surface area contributed by atoms with Crippen LogP contribution in [0.25, 0.3) is 0 Å². The number of phenolic OH excluding ortho intramolecular Hbond substituents is 1. The fourth-order valence-corrected chi connectivity index (χ4v) is 3.89. The van der Waals surface area contributed by atoms with Gasteiger partial charge in [0.1, 0.15) is 17.3 Å². The first-order chi connectivity index (χ1) is 14.9. The number of benzene rings is 1. The number of hydrogen-bond donors (Lipinski definition) is 2. The lowest BCUT2D eigenvalue weighted by molar-refractivity contribution is -0.133. The van der Waals surface area contributed by atoms with Gasteiger partial charge in [-0.25, -0.2) is 0 Å². The highest BCUT2D eigenvalue weighted by molar-refractivity contribution is 5.93. The monoisotopic (exact) mass is 445 g/mol. The minimum Gasteiger partial charge on any atom is -0.508 e. The molecule has 2 N–H and O–H groups in total. The molecule has 0 saturated carbocycles. The molecular formula is C26H39NO5. The summed E-state index contributed by atoms with van der Waals surface area (Å²) in [4.78, 5) is 50.0. The standard InChI is InChI=1S/C26H39NO5/c1-16(2)11-22(13-18(5)28)26(32)27-24(12-17(3)4)25(31)15-21(19(6)29)14-20-7-9-23(30)10-8-20/h7-10,16-17,21-22,24,30H,11-15H2,1-6H3,(H,27,32)/t21-,22-,24+/m1/s1. The molecule has 0 aliphatic heterocycles. The van der Waals surface area contributed by atoms with Gasteiger partial charge < -0.3 is 15.2 Å².